The number of benzene rings is 1. The predicted molar refractivity (Wildman–Crippen MR) is 79.1 cm³/mol. The lowest BCUT2D eigenvalue weighted by Crippen LogP contribution is -2.35. The number of nitrogens with zero attached hydrogens (tertiary/aromatic N) is 2. The van der Waals surface area contributed by atoms with Crippen molar-refractivity contribution in [1.29, 1.82) is 5.26 Å². The van der Waals surface area contributed by atoms with E-state index >= 15 is 0 Å². The predicted octanol–water partition coefficient (Wildman–Crippen LogP) is 3.48. The molecule has 1 unspecified atom stereocenters. The Morgan fingerprint density at radius 1 is 1.21 bits per heavy atom. The summed E-state index contributed by atoms with van der Waals surface area (Å²) in [6.07, 6.45) is -0.531. The summed E-state index contributed by atoms with van der Waals surface area (Å²) in [5.41, 5.74) is 2.49. The van der Waals surface area contributed by atoms with Crippen LogP contribution in [0.5, 0.6) is 0 Å². The summed E-state index contributed by atoms with van der Waals surface area (Å²) in [6.45, 7) is 11.3. The molecule has 0 radical (unpaired) electrons. The SMILES string of the molecule is CC(C)CN(c1cc(C#N)ccc1C(C)O)C(C)C. The Bertz CT molecular complexity index is 458. The molecular weight excluding hydrogens is 236 g/mol. The maximum Gasteiger partial charge on any atom is 0.0992 e. The molecule has 104 valence electrons. The molecule has 19 heavy (non-hydrogen) atoms. The molecule has 0 amide bonds. The Labute approximate surface area is 116 Å². The van der Waals surface area contributed by atoms with Crippen LogP contribution in [0.15, 0.2) is 18.2 Å². The molecule has 0 aliphatic carbocycles. The van der Waals surface area contributed by atoms with Crippen LogP contribution >= 0.6 is 0 Å². The zero-order chi connectivity index (χ0) is 14.6. The van der Waals surface area contributed by atoms with Crippen LogP contribution in [0.4, 0.5) is 5.69 Å². The van der Waals surface area contributed by atoms with Gasteiger partial charge in [0.2, 0.25) is 0 Å². The number of aliphatic hydroxyl groups is 1. The van der Waals surface area contributed by atoms with Gasteiger partial charge < -0.3 is 10.0 Å². The number of hydrogen-bond donors (Lipinski definition) is 1. The van der Waals surface area contributed by atoms with Crippen molar-refractivity contribution in [3.8, 4) is 6.07 Å². The third-order valence-electron chi connectivity index (χ3n) is 3.10. The summed E-state index contributed by atoms with van der Waals surface area (Å²) < 4.78 is 0. The average molecular weight is 260 g/mol. The van der Waals surface area contributed by atoms with Crippen LogP contribution in [-0.2, 0) is 0 Å². The first-order valence-electron chi connectivity index (χ1n) is 6.85. The standard InChI is InChI=1S/C16H24N2O/c1-11(2)10-18(12(3)4)16-8-14(9-17)6-7-15(16)13(5)19/h6-8,11-13,19H,10H2,1-5H3. The van der Waals surface area contributed by atoms with Gasteiger partial charge in [0.25, 0.3) is 0 Å². The highest BCUT2D eigenvalue weighted by atomic mass is 16.3. The number of hydrogen-bond acceptors (Lipinski definition) is 3. The van der Waals surface area contributed by atoms with Crippen LogP contribution < -0.4 is 4.90 Å². The molecule has 0 spiro atoms. The van der Waals surface area contributed by atoms with E-state index in [1.54, 1.807) is 13.0 Å². The van der Waals surface area contributed by atoms with Gasteiger partial charge in [-0.2, -0.15) is 5.26 Å². The molecule has 0 saturated heterocycles. The molecule has 1 atom stereocenters. The molecule has 0 aromatic heterocycles. The van der Waals surface area contributed by atoms with Crippen molar-refractivity contribution in [3.05, 3.63) is 29.3 Å². The number of nitriles is 1. The molecule has 0 aliphatic heterocycles. The lowest BCUT2D eigenvalue weighted by molar-refractivity contribution is 0.199. The van der Waals surface area contributed by atoms with E-state index in [2.05, 4.69) is 38.7 Å². The maximum atomic E-state index is 9.92. The van der Waals surface area contributed by atoms with E-state index in [0.29, 0.717) is 17.5 Å². The van der Waals surface area contributed by atoms with Crippen LogP contribution in [0.25, 0.3) is 0 Å². The van der Waals surface area contributed by atoms with E-state index in [-0.39, 0.29) is 0 Å². The lowest BCUT2D eigenvalue weighted by atomic mass is 10.0. The minimum atomic E-state index is -0.531. The van der Waals surface area contributed by atoms with Crippen LogP contribution in [0.2, 0.25) is 0 Å². The molecule has 1 aromatic rings. The van der Waals surface area contributed by atoms with Crippen LogP contribution in [-0.4, -0.2) is 17.7 Å². The van der Waals surface area contributed by atoms with E-state index in [9.17, 15) is 5.11 Å². The van der Waals surface area contributed by atoms with Crippen molar-refractivity contribution in [3.63, 3.8) is 0 Å². The van der Waals surface area contributed by atoms with E-state index in [4.69, 9.17) is 5.26 Å². The molecule has 1 aromatic carbocycles. The minimum Gasteiger partial charge on any atom is -0.389 e. The zero-order valence-corrected chi connectivity index (χ0v) is 12.5. The van der Waals surface area contributed by atoms with Gasteiger partial charge in [-0.15, -0.1) is 0 Å². The summed E-state index contributed by atoms with van der Waals surface area (Å²) in [6, 6.07) is 8.00. The number of rotatable bonds is 5. The largest absolute Gasteiger partial charge is 0.389 e. The number of aliphatic hydroxyl groups excluding tert-OH is 1. The Kier molecular flexibility index (Phi) is 5.38. The molecule has 0 heterocycles. The van der Waals surface area contributed by atoms with Crippen molar-refractivity contribution in [2.45, 2.75) is 46.8 Å². The van der Waals surface area contributed by atoms with Crippen LogP contribution in [0, 0.1) is 17.2 Å². The molecule has 0 fully saturated rings. The quantitative estimate of drug-likeness (QED) is 0.881. The van der Waals surface area contributed by atoms with Crippen molar-refractivity contribution in [2.24, 2.45) is 5.92 Å². The minimum absolute atomic E-state index is 0.328. The lowest BCUT2D eigenvalue weighted by Gasteiger charge is -2.33. The Morgan fingerprint density at radius 3 is 2.26 bits per heavy atom. The second-order valence-electron chi connectivity index (χ2n) is 5.70. The normalized spacial score (nSPS) is 12.6. The monoisotopic (exact) mass is 260 g/mol. The third-order valence-corrected chi connectivity index (χ3v) is 3.10. The maximum absolute atomic E-state index is 9.92. The summed E-state index contributed by atoms with van der Waals surface area (Å²) in [7, 11) is 0. The van der Waals surface area contributed by atoms with Gasteiger partial charge in [-0.3, -0.25) is 0 Å². The van der Waals surface area contributed by atoms with Crippen molar-refractivity contribution < 1.29 is 5.11 Å². The van der Waals surface area contributed by atoms with Gasteiger partial charge in [0, 0.05) is 23.8 Å². The van der Waals surface area contributed by atoms with Gasteiger partial charge in [0.05, 0.1) is 17.7 Å². The summed E-state index contributed by atoms with van der Waals surface area (Å²) in [4.78, 5) is 2.26. The van der Waals surface area contributed by atoms with Crippen molar-refractivity contribution in [2.75, 3.05) is 11.4 Å². The first kappa shape index (κ1) is 15.5. The fraction of sp³-hybridized carbons (Fsp3) is 0.562. The molecule has 0 bridgehead atoms. The smallest absolute Gasteiger partial charge is 0.0992 e. The molecular formula is C16H24N2O. The summed E-state index contributed by atoms with van der Waals surface area (Å²) >= 11 is 0. The first-order valence-corrected chi connectivity index (χ1v) is 6.85. The second kappa shape index (κ2) is 6.58. The fourth-order valence-corrected chi connectivity index (χ4v) is 2.20. The van der Waals surface area contributed by atoms with Crippen LogP contribution in [0.3, 0.4) is 0 Å². The van der Waals surface area contributed by atoms with Gasteiger partial charge in [-0.25, -0.2) is 0 Å². The van der Waals surface area contributed by atoms with Crippen molar-refractivity contribution in [1.82, 2.24) is 0 Å². The Hall–Kier alpha value is -1.53. The van der Waals surface area contributed by atoms with E-state index in [1.807, 2.05) is 12.1 Å². The van der Waals surface area contributed by atoms with Gasteiger partial charge >= 0.3 is 0 Å². The van der Waals surface area contributed by atoms with E-state index in [0.717, 1.165) is 17.8 Å². The molecule has 1 rings (SSSR count). The summed E-state index contributed by atoms with van der Waals surface area (Å²) in [5, 5.41) is 19.0. The van der Waals surface area contributed by atoms with E-state index in [1.165, 1.54) is 0 Å². The third kappa shape index (κ3) is 3.97. The van der Waals surface area contributed by atoms with Gasteiger partial charge in [0.15, 0.2) is 0 Å². The fourth-order valence-electron chi connectivity index (χ4n) is 2.20. The molecule has 1 N–H and O–H groups in total. The topological polar surface area (TPSA) is 47.3 Å². The van der Waals surface area contributed by atoms with Gasteiger partial charge in [0.1, 0.15) is 0 Å². The highest BCUT2D eigenvalue weighted by molar-refractivity contribution is 5.59. The Balaban J connectivity index is 3.29. The highest BCUT2D eigenvalue weighted by Gasteiger charge is 2.18. The van der Waals surface area contributed by atoms with Crippen molar-refractivity contribution >= 4 is 5.69 Å². The second-order valence-corrected chi connectivity index (χ2v) is 5.70. The van der Waals surface area contributed by atoms with E-state index < -0.39 is 6.10 Å². The number of anilines is 1. The summed E-state index contributed by atoms with van der Waals surface area (Å²) in [5.74, 6) is 0.523. The molecule has 0 saturated carbocycles. The average Bonchev–Trinajstić information content (AvgIpc) is 2.34. The highest BCUT2D eigenvalue weighted by Crippen LogP contribution is 2.29. The zero-order valence-electron chi connectivity index (χ0n) is 12.5. The molecule has 3 heteroatoms. The van der Waals surface area contributed by atoms with Gasteiger partial charge in [-0.1, -0.05) is 19.9 Å². The van der Waals surface area contributed by atoms with Gasteiger partial charge in [-0.05, 0) is 38.8 Å². The molecule has 0 aliphatic rings. The Morgan fingerprint density at radius 2 is 1.84 bits per heavy atom. The molecule has 3 nitrogen and oxygen atoms in total. The van der Waals surface area contributed by atoms with Crippen LogP contribution in [0.1, 0.15) is 51.8 Å². The first-order chi connectivity index (χ1) is 8.86.